The standard InChI is InChI=1S/C5H5Cl3N2O3/c6-1-5(7,8)4(13)10-3(12)2(9)11/h1H2,(H2,9,11)(H,10,12,13). The second-order valence-electron chi connectivity index (χ2n) is 1.99. The molecule has 0 rings (SSSR count). The van der Waals surface area contributed by atoms with E-state index in [4.69, 9.17) is 34.8 Å². The third kappa shape index (κ3) is 3.80. The van der Waals surface area contributed by atoms with Gasteiger partial charge in [-0.2, -0.15) is 0 Å². The van der Waals surface area contributed by atoms with Crippen LogP contribution in [0.5, 0.6) is 0 Å². The topological polar surface area (TPSA) is 89.3 Å². The number of carbonyl (C=O) groups excluding carboxylic acids is 3. The zero-order chi connectivity index (χ0) is 10.6. The van der Waals surface area contributed by atoms with Gasteiger partial charge in [0.1, 0.15) is 0 Å². The smallest absolute Gasteiger partial charge is 0.315 e. The molecule has 3 amide bonds. The molecule has 74 valence electrons. The minimum absolute atomic E-state index is 0.423. The van der Waals surface area contributed by atoms with E-state index in [9.17, 15) is 14.4 Å². The van der Waals surface area contributed by atoms with Crippen LogP contribution in [0.4, 0.5) is 0 Å². The summed E-state index contributed by atoms with van der Waals surface area (Å²) in [7, 11) is 0. The molecule has 3 N–H and O–H groups in total. The summed E-state index contributed by atoms with van der Waals surface area (Å²) in [5.41, 5.74) is 4.55. The van der Waals surface area contributed by atoms with E-state index in [0.717, 1.165) is 0 Å². The number of rotatable bonds is 2. The zero-order valence-electron chi connectivity index (χ0n) is 6.14. The molecule has 5 nitrogen and oxygen atoms in total. The lowest BCUT2D eigenvalue weighted by atomic mass is 10.4. The molecule has 0 aromatic carbocycles. The van der Waals surface area contributed by atoms with E-state index < -0.39 is 27.9 Å². The molecule has 0 saturated carbocycles. The van der Waals surface area contributed by atoms with Crippen molar-refractivity contribution in [3.63, 3.8) is 0 Å². The van der Waals surface area contributed by atoms with E-state index >= 15 is 0 Å². The minimum atomic E-state index is -1.95. The number of nitrogens with two attached hydrogens (primary N) is 1. The molecule has 0 aromatic rings. The zero-order valence-corrected chi connectivity index (χ0v) is 8.41. The first kappa shape index (κ1) is 12.5. The third-order valence-electron chi connectivity index (χ3n) is 0.951. The Morgan fingerprint density at radius 2 is 1.77 bits per heavy atom. The molecular weight excluding hydrogens is 242 g/mol. The Morgan fingerprint density at radius 3 is 2.08 bits per heavy atom. The summed E-state index contributed by atoms with van der Waals surface area (Å²) in [5.74, 6) is -4.11. The van der Waals surface area contributed by atoms with Crippen LogP contribution in [0.15, 0.2) is 0 Å². The number of imide groups is 1. The van der Waals surface area contributed by atoms with Crippen LogP contribution in [0.1, 0.15) is 0 Å². The van der Waals surface area contributed by atoms with Gasteiger partial charge in [0.2, 0.25) is 4.33 Å². The van der Waals surface area contributed by atoms with Crippen molar-refractivity contribution in [2.24, 2.45) is 5.73 Å². The number of hydrogen-bond donors (Lipinski definition) is 2. The van der Waals surface area contributed by atoms with Gasteiger partial charge < -0.3 is 5.73 Å². The second-order valence-corrected chi connectivity index (χ2v) is 3.74. The van der Waals surface area contributed by atoms with Crippen molar-refractivity contribution in [3.8, 4) is 0 Å². The Morgan fingerprint density at radius 1 is 1.31 bits per heavy atom. The van der Waals surface area contributed by atoms with Crippen LogP contribution in [-0.4, -0.2) is 27.9 Å². The maximum absolute atomic E-state index is 10.9. The van der Waals surface area contributed by atoms with Crippen LogP contribution in [0.25, 0.3) is 0 Å². The summed E-state index contributed by atoms with van der Waals surface area (Å²) in [6.07, 6.45) is 0. The van der Waals surface area contributed by atoms with Crippen LogP contribution in [-0.2, 0) is 14.4 Å². The lowest BCUT2D eigenvalue weighted by molar-refractivity contribution is -0.140. The number of amides is 3. The number of hydrogen-bond acceptors (Lipinski definition) is 3. The molecule has 0 aliphatic carbocycles. The second kappa shape index (κ2) is 4.64. The highest BCUT2D eigenvalue weighted by molar-refractivity contribution is 6.61. The highest BCUT2D eigenvalue weighted by Gasteiger charge is 2.34. The van der Waals surface area contributed by atoms with Gasteiger partial charge >= 0.3 is 11.8 Å². The lowest BCUT2D eigenvalue weighted by Crippen LogP contribution is -2.47. The molecule has 8 heteroatoms. The largest absolute Gasteiger partial charge is 0.361 e. The van der Waals surface area contributed by atoms with E-state index in [0.29, 0.717) is 0 Å². The highest BCUT2D eigenvalue weighted by atomic mass is 35.5. The number of alkyl halides is 3. The van der Waals surface area contributed by atoms with Crippen molar-refractivity contribution in [3.05, 3.63) is 0 Å². The molecule has 0 atom stereocenters. The van der Waals surface area contributed by atoms with Gasteiger partial charge in [-0.15, -0.1) is 11.6 Å². The highest BCUT2D eigenvalue weighted by Crippen LogP contribution is 2.22. The average Bonchev–Trinajstić information content (AvgIpc) is 2.04. The van der Waals surface area contributed by atoms with Crippen molar-refractivity contribution in [2.75, 3.05) is 5.88 Å². The van der Waals surface area contributed by atoms with Gasteiger partial charge in [-0.3, -0.25) is 19.7 Å². The van der Waals surface area contributed by atoms with Crippen molar-refractivity contribution in [1.29, 1.82) is 0 Å². The maximum atomic E-state index is 10.9. The van der Waals surface area contributed by atoms with E-state index in [-0.39, 0.29) is 0 Å². The first-order valence-corrected chi connectivity index (χ1v) is 4.19. The Kier molecular flexibility index (Phi) is 4.46. The predicted molar refractivity (Wildman–Crippen MR) is 47.5 cm³/mol. The third-order valence-corrected chi connectivity index (χ3v) is 2.24. The molecule has 0 heterocycles. The van der Waals surface area contributed by atoms with Crippen LogP contribution in [0.2, 0.25) is 0 Å². The quantitative estimate of drug-likeness (QED) is 0.510. The van der Waals surface area contributed by atoms with Crippen LogP contribution >= 0.6 is 34.8 Å². The number of carbonyl (C=O) groups is 3. The lowest BCUT2D eigenvalue weighted by Gasteiger charge is -2.13. The summed E-state index contributed by atoms with van der Waals surface area (Å²) in [5, 5.41) is 1.57. The molecule has 13 heavy (non-hydrogen) atoms. The van der Waals surface area contributed by atoms with Crippen molar-refractivity contribution in [1.82, 2.24) is 5.32 Å². The maximum Gasteiger partial charge on any atom is 0.315 e. The Bertz CT molecular complexity index is 253. The molecule has 0 aliphatic heterocycles. The number of primary amides is 1. The van der Waals surface area contributed by atoms with Crippen LogP contribution in [0.3, 0.4) is 0 Å². The molecule has 0 spiro atoms. The molecule has 0 aromatic heterocycles. The first-order chi connectivity index (χ1) is 5.81. The van der Waals surface area contributed by atoms with Gasteiger partial charge in [-0.1, -0.05) is 23.2 Å². The van der Waals surface area contributed by atoms with E-state index in [1.165, 1.54) is 0 Å². The summed E-state index contributed by atoms with van der Waals surface area (Å²) in [4.78, 5) is 31.7. The monoisotopic (exact) mass is 246 g/mol. The van der Waals surface area contributed by atoms with Crippen LogP contribution in [0, 0.1) is 0 Å². The van der Waals surface area contributed by atoms with Gasteiger partial charge in [0.15, 0.2) is 0 Å². The molecule has 0 bridgehead atoms. The Labute approximate surface area is 88.5 Å². The number of nitrogens with one attached hydrogen (secondary N) is 1. The minimum Gasteiger partial charge on any atom is -0.361 e. The SMILES string of the molecule is NC(=O)C(=O)NC(=O)C(Cl)(Cl)CCl. The van der Waals surface area contributed by atoms with Crippen molar-refractivity contribution in [2.45, 2.75) is 4.33 Å². The average molecular weight is 247 g/mol. The van der Waals surface area contributed by atoms with Gasteiger partial charge in [-0.05, 0) is 0 Å². The normalized spacial score (nSPS) is 10.7. The van der Waals surface area contributed by atoms with Crippen LogP contribution < -0.4 is 11.1 Å². The molecule has 0 saturated heterocycles. The fourth-order valence-electron chi connectivity index (χ4n) is 0.317. The first-order valence-electron chi connectivity index (χ1n) is 2.90. The summed E-state index contributed by atoms with van der Waals surface area (Å²) < 4.78 is -1.95. The van der Waals surface area contributed by atoms with E-state index in [2.05, 4.69) is 5.73 Å². The molecule has 0 radical (unpaired) electrons. The Hall–Kier alpha value is -0.520. The Balaban J connectivity index is 4.32. The van der Waals surface area contributed by atoms with Crippen molar-refractivity contribution < 1.29 is 14.4 Å². The fourth-order valence-corrected chi connectivity index (χ4v) is 0.533. The fraction of sp³-hybridized carbons (Fsp3) is 0.400. The summed E-state index contributed by atoms with van der Waals surface area (Å²) in [6, 6.07) is 0. The molecule has 0 fully saturated rings. The van der Waals surface area contributed by atoms with E-state index in [1.54, 1.807) is 5.32 Å². The predicted octanol–water partition coefficient (Wildman–Crippen LogP) is -0.473. The van der Waals surface area contributed by atoms with E-state index in [1.807, 2.05) is 0 Å². The molecular formula is C5H5Cl3N2O3. The van der Waals surface area contributed by atoms with Gasteiger partial charge in [0.25, 0.3) is 5.91 Å². The van der Waals surface area contributed by atoms with Gasteiger partial charge in [-0.25, -0.2) is 0 Å². The number of halogens is 3. The molecule has 0 aliphatic rings. The van der Waals surface area contributed by atoms with Gasteiger partial charge in [0, 0.05) is 0 Å². The summed E-state index contributed by atoms with van der Waals surface area (Å²) >= 11 is 15.9. The van der Waals surface area contributed by atoms with Gasteiger partial charge in [0.05, 0.1) is 5.88 Å². The van der Waals surface area contributed by atoms with Crippen molar-refractivity contribution >= 4 is 52.5 Å². The molecule has 0 unspecified atom stereocenters. The summed E-state index contributed by atoms with van der Waals surface area (Å²) in [6.45, 7) is 0.